The lowest BCUT2D eigenvalue weighted by atomic mass is 9.89. The van der Waals surface area contributed by atoms with E-state index in [2.05, 4.69) is 4.98 Å². The van der Waals surface area contributed by atoms with Crippen molar-refractivity contribution in [1.29, 1.82) is 0 Å². The summed E-state index contributed by atoms with van der Waals surface area (Å²) in [6, 6.07) is 11.3. The van der Waals surface area contributed by atoms with Gasteiger partial charge >= 0.3 is 0 Å². The van der Waals surface area contributed by atoms with Crippen LogP contribution in [0.2, 0.25) is 0 Å². The highest BCUT2D eigenvalue weighted by molar-refractivity contribution is 5.32. The van der Waals surface area contributed by atoms with E-state index >= 15 is 0 Å². The first kappa shape index (κ1) is 14.5. The monoisotopic (exact) mass is 272 g/mol. The van der Waals surface area contributed by atoms with Crippen molar-refractivity contribution in [3.8, 4) is 5.75 Å². The standard InChI is InChI=1S/C16H20N2O2/c1-2-20-14-5-3-12(4-6-14)15(11-17)16(19)13-7-9-18-10-8-13/h3-10,15-16,19H,2,11,17H2,1H3. The maximum absolute atomic E-state index is 10.5. The molecule has 0 spiro atoms. The maximum atomic E-state index is 10.5. The van der Waals surface area contributed by atoms with E-state index in [-0.39, 0.29) is 5.92 Å². The van der Waals surface area contributed by atoms with E-state index < -0.39 is 6.10 Å². The van der Waals surface area contributed by atoms with Crippen molar-refractivity contribution in [1.82, 2.24) is 4.98 Å². The zero-order chi connectivity index (χ0) is 14.4. The molecule has 2 unspecified atom stereocenters. The van der Waals surface area contributed by atoms with Crippen LogP contribution in [0.1, 0.15) is 30.1 Å². The lowest BCUT2D eigenvalue weighted by Gasteiger charge is -2.22. The first-order valence-corrected chi connectivity index (χ1v) is 6.77. The van der Waals surface area contributed by atoms with Crippen LogP contribution in [0.25, 0.3) is 0 Å². The molecule has 0 amide bonds. The molecule has 0 saturated heterocycles. The zero-order valence-electron chi connectivity index (χ0n) is 11.6. The van der Waals surface area contributed by atoms with Gasteiger partial charge in [0.2, 0.25) is 0 Å². The van der Waals surface area contributed by atoms with Gasteiger partial charge in [0.15, 0.2) is 0 Å². The maximum Gasteiger partial charge on any atom is 0.119 e. The number of hydrogen-bond acceptors (Lipinski definition) is 4. The van der Waals surface area contributed by atoms with E-state index in [0.29, 0.717) is 13.2 Å². The Hall–Kier alpha value is -1.91. The van der Waals surface area contributed by atoms with Gasteiger partial charge in [-0.25, -0.2) is 0 Å². The fraction of sp³-hybridized carbons (Fsp3) is 0.312. The van der Waals surface area contributed by atoms with E-state index in [1.54, 1.807) is 12.4 Å². The Morgan fingerprint density at radius 2 is 1.75 bits per heavy atom. The van der Waals surface area contributed by atoms with Gasteiger partial charge in [0, 0.05) is 24.9 Å². The fourth-order valence-corrected chi connectivity index (χ4v) is 2.22. The summed E-state index contributed by atoms with van der Waals surface area (Å²) in [7, 11) is 0. The van der Waals surface area contributed by atoms with Crippen LogP contribution in [0.5, 0.6) is 5.75 Å². The topological polar surface area (TPSA) is 68.4 Å². The number of nitrogens with two attached hydrogens (primary N) is 1. The van der Waals surface area contributed by atoms with Gasteiger partial charge in [-0.3, -0.25) is 4.98 Å². The summed E-state index contributed by atoms with van der Waals surface area (Å²) >= 11 is 0. The average Bonchev–Trinajstić information content (AvgIpc) is 2.51. The van der Waals surface area contributed by atoms with Gasteiger partial charge in [0.05, 0.1) is 12.7 Å². The van der Waals surface area contributed by atoms with E-state index in [1.807, 2.05) is 43.3 Å². The van der Waals surface area contributed by atoms with Crippen LogP contribution in [0.3, 0.4) is 0 Å². The number of hydrogen-bond donors (Lipinski definition) is 2. The fourth-order valence-electron chi connectivity index (χ4n) is 2.22. The molecule has 2 aromatic rings. The molecule has 4 nitrogen and oxygen atoms in total. The largest absolute Gasteiger partial charge is 0.494 e. The lowest BCUT2D eigenvalue weighted by Crippen LogP contribution is -2.20. The quantitative estimate of drug-likeness (QED) is 0.846. The number of ether oxygens (including phenoxy) is 1. The zero-order valence-corrected chi connectivity index (χ0v) is 11.6. The van der Waals surface area contributed by atoms with Gasteiger partial charge in [0.1, 0.15) is 5.75 Å². The van der Waals surface area contributed by atoms with E-state index in [9.17, 15) is 5.11 Å². The molecule has 3 N–H and O–H groups in total. The Bertz CT molecular complexity index is 514. The van der Waals surface area contributed by atoms with E-state index in [0.717, 1.165) is 16.9 Å². The van der Waals surface area contributed by atoms with Gasteiger partial charge in [-0.05, 0) is 42.3 Å². The molecular weight excluding hydrogens is 252 g/mol. The molecule has 0 radical (unpaired) electrons. The van der Waals surface area contributed by atoms with Crippen molar-refractivity contribution in [2.24, 2.45) is 5.73 Å². The lowest BCUT2D eigenvalue weighted by molar-refractivity contribution is 0.147. The third-order valence-corrected chi connectivity index (χ3v) is 3.30. The third kappa shape index (κ3) is 3.35. The Morgan fingerprint density at radius 3 is 2.30 bits per heavy atom. The van der Waals surface area contributed by atoms with Crippen molar-refractivity contribution in [3.05, 3.63) is 59.9 Å². The normalized spacial score (nSPS) is 13.8. The summed E-state index contributed by atoms with van der Waals surface area (Å²) < 4.78 is 5.42. The van der Waals surface area contributed by atoms with Crippen LogP contribution < -0.4 is 10.5 Å². The molecule has 20 heavy (non-hydrogen) atoms. The molecule has 1 aromatic carbocycles. The second kappa shape index (κ2) is 7.03. The number of benzene rings is 1. The van der Waals surface area contributed by atoms with E-state index in [4.69, 9.17) is 10.5 Å². The molecule has 0 fully saturated rings. The van der Waals surface area contributed by atoms with Gasteiger partial charge < -0.3 is 15.6 Å². The molecule has 0 aliphatic rings. The number of nitrogens with zero attached hydrogens (tertiary/aromatic N) is 1. The number of aromatic nitrogens is 1. The van der Waals surface area contributed by atoms with Crippen molar-refractivity contribution in [2.75, 3.05) is 13.2 Å². The molecule has 0 aliphatic heterocycles. The van der Waals surface area contributed by atoms with Crippen LogP contribution in [0, 0.1) is 0 Å². The number of aliphatic hydroxyl groups excluding tert-OH is 1. The number of pyridine rings is 1. The van der Waals surface area contributed by atoms with Crippen LogP contribution in [0.4, 0.5) is 0 Å². The van der Waals surface area contributed by atoms with Gasteiger partial charge in [-0.15, -0.1) is 0 Å². The predicted molar refractivity (Wildman–Crippen MR) is 78.6 cm³/mol. The van der Waals surface area contributed by atoms with Crippen molar-refractivity contribution >= 4 is 0 Å². The van der Waals surface area contributed by atoms with E-state index in [1.165, 1.54) is 0 Å². The highest BCUT2D eigenvalue weighted by Crippen LogP contribution is 2.30. The number of aliphatic hydroxyl groups is 1. The Balaban J connectivity index is 2.19. The van der Waals surface area contributed by atoms with Crippen molar-refractivity contribution in [2.45, 2.75) is 18.9 Å². The van der Waals surface area contributed by atoms with Crippen LogP contribution in [-0.4, -0.2) is 23.2 Å². The highest BCUT2D eigenvalue weighted by atomic mass is 16.5. The van der Waals surface area contributed by atoms with Crippen molar-refractivity contribution < 1.29 is 9.84 Å². The molecule has 0 saturated carbocycles. The number of rotatable bonds is 6. The van der Waals surface area contributed by atoms with Crippen LogP contribution in [-0.2, 0) is 0 Å². The highest BCUT2D eigenvalue weighted by Gasteiger charge is 2.21. The van der Waals surface area contributed by atoms with Gasteiger partial charge in [-0.2, -0.15) is 0 Å². The van der Waals surface area contributed by atoms with Crippen LogP contribution >= 0.6 is 0 Å². The molecular formula is C16H20N2O2. The third-order valence-electron chi connectivity index (χ3n) is 3.30. The molecule has 4 heteroatoms. The summed E-state index contributed by atoms with van der Waals surface area (Å²) in [6.45, 7) is 2.96. The van der Waals surface area contributed by atoms with Crippen molar-refractivity contribution in [3.63, 3.8) is 0 Å². The first-order valence-electron chi connectivity index (χ1n) is 6.77. The summed E-state index contributed by atoms with van der Waals surface area (Å²) in [6.07, 6.45) is 2.70. The summed E-state index contributed by atoms with van der Waals surface area (Å²) in [4.78, 5) is 3.96. The molecule has 1 aromatic heterocycles. The molecule has 0 bridgehead atoms. The minimum Gasteiger partial charge on any atom is -0.494 e. The SMILES string of the molecule is CCOc1ccc(C(CN)C(O)c2ccncc2)cc1. The van der Waals surface area contributed by atoms with Gasteiger partial charge in [-0.1, -0.05) is 12.1 Å². The Morgan fingerprint density at radius 1 is 1.10 bits per heavy atom. The summed E-state index contributed by atoms with van der Waals surface area (Å²) in [5.41, 5.74) is 7.66. The average molecular weight is 272 g/mol. The molecule has 2 atom stereocenters. The Labute approximate surface area is 119 Å². The predicted octanol–water partition coefficient (Wildman–Crippen LogP) is 2.26. The van der Waals surface area contributed by atoms with Crippen LogP contribution in [0.15, 0.2) is 48.8 Å². The molecule has 1 heterocycles. The van der Waals surface area contributed by atoms with Gasteiger partial charge in [0.25, 0.3) is 0 Å². The minimum absolute atomic E-state index is 0.145. The molecule has 2 rings (SSSR count). The second-order valence-corrected chi connectivity index (χ2v) is 4.57. The minimum atomic E-state index is -0.638. The summed E-state index contributed by atoms with van der Waals surface area (Å²) in [5.74, 6) is 0.679. The molecule has 106 valence electrons. The smallest absolute Gasteiger partial charge is 0.119 e. The summed E-state index contributed by atoms with van der Waals surface area (Å²) in [5, 5.41) is 10.5. The molecule has 0 aliphatic carbocycles. The first-order chi connectivity index (χ1) is 9.76. The second-order valence-electron chi connectivity index (χ2n) is 4.57. The Kier molecular flexibility index (Phi) is 5.09.